The molecule has 0 bridgehead atoms. The van der Waals surface area contributed by atoms with Crippen molar-refractivity contribution in [3.05, 3.63) is 51.2 Å². The summed E-state index contributed by atoms with van der Waals surface area (Å²) in [5.41, 5.74) is 2.57. The van der Waals surface area contributed by atoms with Gasteiger partial charge in [-0.05, 0) is 39.2 Å². The molecule has 3 heterocycles. The number of rotatable bonds is 3. The highest BCUT2D eigenvalue weighted by Crippen LogP contribution is 2.45. The summed E-state index contributed by atoms with van der Waals surface area (Å²) in [7, 11) is 0. The lowest BCUT2D eigenvalue weighted by atomic mass is 9.94. The average molecular weight is 417 g/mol. The maximum absolute atomic E-state index is 12.5. The van der Waals surface area contributed by atoms with E-state index in [-0.39, 0.29) is 28.5 Å². The predicted molar refractivity (Wildman–Crippen MR) is 111 cm³/mol. The molecule has 2 aromatic rings. The van der Waals surface area contributed by atoms with E-state index in [1.807, 2.05) is 11.6 Å². The number of carbonyl (C=O) groups is 1. The normalized spacial score (nSPS) is 23.8. The van der Waals surface area contributed by atoms with E-state index in [4.69, 9.17) is 9.84 Å². The zero-order valence-electron chi connectivity index (χ0n) is 16.7. The van der Waals surface area contributed by atoms with Gasteiger partial charge < -0.3 is 10.1 Å². The SMILES string of the molecule is Cc1nn([C@@H]2CCOC(C)(C)C2)c2c1[C@@H](c1ccc([N+](=O)[O-])cc1)SCC(=O)N2. The Morgan fingerprint density at radius 2 is 2.07 bits per heavy atom. The highest BCUT2D eigenvalue weighted by Gasteiger charge is 2.36. The second-order valence-corrected chi connectivity index (χ2v) is 9.23. The Balaban J connectivity index is 1.76. The maximum Gasteiger partial charge on any atom is 0.269 e. The van der Waals surface area contributed by atoms with Crippen LogP contribution in [0.3, 0.4) is 0 Å². The fraction of sp³-hybridized carbons (Fsp3) is 0.500. The lowest BCUT2D eigenvalue weighted by Crippen LogP contribution is -2.36. The number of hydrogen-bond acceptors (Lipinski definition) is 6. The van der Waals surface area contributed by atoms with Gasteiger partial charge >= 0.3 is 0 Å². The summed E-state index contributed by atoms with van der Waals surface area (Å²) in [4.78, 5) is 23.0. The van der Waals surface area contributed by atoms with Crippen LogP contribution in [0, 0.1) is 17.0 Å². The third kappa shape index (κ3) is 3.89. The summed E-state index contributed by atoms with van der Waals surface area (Å²) in [6.45, 7) is 6.75. The lowest BCUT2D eigenvalue weighted by molar-refractivity contribution is -0.384. The summed E-state index contributed by atoms with van der Waals surface area (Å²) >= 11 is 1.52. The highest BCUT2D eigenvalue weighted by molar-refractivity contribution is 8.00. The number of aromatic nitrogens is 2. The van der Waals surface area contributed by atoms with E-state index in [1.54, 1.807) is 12.1 Å². The fourth-order valence-corrected chi connectivity index (χ4v) is 5.30. The zero-order chi connectivity index (χ0) is 20.8. The number of aryl methyl sites for hydroxylation is 1. The van der Waals surface area contributed by atoms with E-state index < -0.39 is 4.92 Å². The third-order valence-corrected chi connectivity index (χ3v) is 6.73. The molecule has 0 saturated carbocycles. The Morgan fingerprint density at radius 1 is 1.34 bits per heavy atom. The van der Waals surface area contributed by atoms with Crippen LogP contribution >= 0.6 is 11.8 Å². The van der Waals surface area contributed by atoms with Crippen molar-refractivity contribution in [3.63, 3.8) is 0 Å². The van der Waals surface area contributed by atoms with Crippen LogP contribution in [0.5, 0.6) is 0 Å². The predicted octanol–water partition coefficient (Wildman–Crippen LogP) is 4.00. The molecule has 0 spiro atoms. The molecule has 2 aliphatic heterocycles. The fourth-order valence-electron chi connectivity index (χ4n) is 4.12. The zero-order valence-corrected chi connectivity index (χ0v) is 17.5. The molecule has 9 heteroatoms. The number of amides is 1. The largest absolute Gasteiger partial charge is 0.375 e. The van der Waals surface area contributed by atoms with Crippen LogP contribution in [-0.2, 0) is 9.53 Å². The van der Waals surface area contributed by atoms with Crippen LogP contribution in [0.25, 0.3) is 0 Å². The minimum Gasteiger partial charge on any atom is -0.375 e. The van der Waals surface area contributed by atoms with Gasteiger partial charge in [0.25, 0.3) is 5.69 Å². The summed E-state index contributed by atoms with van der Waals surface area (Å²) in [6, 6.07) is 6.70. The monoisotopic (exact) mass is 416 g/mol. The van der Waals surface area contributed by atoms with Gasteiger partial charge in [0.2, 0.25) is 5.91 Å². The number of carbonyl (C=O) groups excluding carboxylic acids is 1. The molecule has 0 aliphatic carbocycles. The van der Waals surface area contributed by atoms with Crippen molar-refractivity contribution in [1.29, 1.82) is 0 Å². The summed E-state index contributed by atoms with van der Waals surface area (Å²) in [5.74, 6) is 0.992. The van der Waals surface area contributed by atoms with Crippen molar-refractivity contribution in [1.82, 2.24) is 9.78 Å². The first-order valence-electron chi connectivity index (χ1n) is 9.64. The molecule has 8 nitrogen and oxygen atoms in total. The molecule has 29 heavy (non-hydrogen) atoms. The Hall–Kier alpha value is -2.39. The molecule has 0 radical (unpaired) electrons. The van der Waals surface area contributed by atoms with Gasteiger partial charge in [-0.25, -0.2) is 4.68 Å². The van der Waals surface area contributed by atoms with E-state index in [1.165, 1.54) is 23.9 Å². The molecule has 1 saturated heterocycles. The Kier molecular flexibility index (Phi) is 5.12. The van der Waals surface area contributed by atoms with E-state index >= 15 is 0 Å². The number of nitrogens with one attached hydrogen (secondary N) is 1. The van der Waals surface area contributed by atoms with Crippen molar-refractivity contribution < 1.29 is 14.5 Å². The minimum absolute atomic E-state index is 0.0543. The van der Waals surface area contributed by atoms with Crippen molar-refractivity contribution in [2.24, 2.45) is 0 Å². The van der Waals surface area contributed by atoms with Crippen LogP contribution in [0.4, 0.5) is 11.5 Å². The van der Waals surface area contributed by atoms with E-state index in [0.717, 1.165) is 35.5 Å². The Labute approximate surface area is 173 Å². The topological polar surface area (TPSA) is 99.3 Å². The number of nitrogens with zero attached hydrogens (tertiary/aromatic N) is 3. The number of hydrogen-bond donors (Lipinski definition) is 1. The third-order valence-electron chi connectivity index (χ3n) is 5.46. The molecule has 0 unspecified atom stereocenters. The molecule has 4 rings (SSSR count). The van der Waals surface area contributed by atoms with Gasteiger partial charge in [-0.1, -0.05) is 12.1 Å². The Bertz CT molecular complexity index is 954. The van der Waals surface area contributed by atoms with Gasteiger partial charge in [0.15, 0.2) is 0 Å². The first-order valence-corrected chi connectivity index (χ1v) is 10.7. The first-order chi connectivity index (χ1) is 13.7. The molecule has 1 N–H and O–H groups in total. The highest BCUT2D eigenvalue weighted by atomic mass is 32.2. The second-order valence-electron chi connectivity index (χ2n) is 8.13. The van der Waals surface area contributed by atoms with Gasteiger partial charge in [0.1, 0.15) is 5.82 Å². The number of anilines is 1. The summed E-state index contributed by atoms with van der Waals surface area (Å²) in [6.07, 6.45) is 1.65. The molecule has 1 fully saturated rings. The molecule has 1 amide bonds. The van der Waals surface area contributed by atoms with Crippen molar-refractivity contribution in [2.45, 2.75) is 50.5 Å². The van der Waals surface area contributed by atoms with E-state index in [9.17, 15) is 14.9 Å². The number of fused-ring (bicyclic) bond motifs is 1. The van der Waals surface area contributed by atoms with Crippen LogP contribution in [-0.4, -0.2) is 38.6 Å². The number of benzene rings is 1. The van der Waals surface area contributed by atoms with Crippen molar-refractivity contribution in [3.8, 4) is 0 Å². The standard InChI is InChI=1S/C20H24N4O4S/c1-12-17-18(13-4-6-14(7-5-13)24(26)27)29-11-16(25)21-19(17)23(22-12)15-8-9-28-20(2,3)10-15/h4-7,15,18H,8-11H2,1-3H3,(H,21,25)/t15-,18-/m1/s1. The number of ether oxygens (including phenoxy) is 1. The van der Waals surface area contributed by atoms with E-state index in [2.05, 4.69) is 19.2 Å². The van der Waals surface area contributed by atoms with Crippen molar-refractivity contribution in [2.75, 3.05) is 17.7 Å². The summed E-state index contributed by atoms with van der Waals surface area (Å²) in [5, 5.41) is 18.7. The number of non-ortho nitro benzene ring substituents is 1. The van der Waals surface area contributed by atoms with Crippen LogP contribution in [0.15, 0.2) is 24.3 Å². The quantitative estimate of drug-likeness (QED) is 0.600. The average Bonchev–Trinajstić information content (AvgIpc) is 2.87. The molecule has 1 aromatic carbocycles. The minimum atomic E-state index is -0.406. The summed E-state index contributed by atoms with van der Waals surface area (Å²) < 4.78 is 7.80. The lowest BCUT2D eigenvalue weighted by Gasteiger charge is -2.36. The van der Waals surface area contributed by atoms with Gasteiger partial charge in [-0.15, -0.1) is 11.8 Å². The number of nitro benzene ring substituents is 1. The first kappa shape index (κ1) is 19.9. The smallest absolute Gasteiger partial charge is 0.269 e. The number of nitro groups is 1. The molecular formula is C20H24N4O4S. The van der Waals surface area contributed by atoms with Crippen LogP contribution in [0.1, 0.15) is 54.8 Å². The van der Waals surface area contributed by atoms with E-state index in [0.29, 0.717) is 12.4 Å². The Morgan fingerprint density at radius 3 is 2.72 bits per heavy atom. The number of thioether (sulfide) groups is 1. The van der Waals surface area contributed by atoms with Gasteiger partial charge in [-0.3, -0.25) is 14.9 Å². The van der Waals surface area contributed by atoms with Gasteiger partial charge in [-0.2, -0.15) is 5.10 Å². The van der Waals surface area contributed by atoms with Gasteiger partial charge in [0, 0.05) is 24.3 Å². The molecule has 1 aromatic heterocycles. The second kappa shape index (κ2) is 7.46. The van der Waals surface area contributed by atoms with Crippen molar-refractivity contribution >= 4 is 29.2 Å². The molecule has 2 aliphatic rings. The molecular weight excluding hydrogens is 392 g/mol. The maximum atomic E-state index is 12.5. The van der Waals surface area contributed by atoms with Gasteiger partial charge in [0.05, 0.1) is 33.3 Å². The molecule has 154 valence electrons. The molecule has 2 atom stereocenters. The van der Waals surface area contributed by atoms with Crippen LogP contribution in [0.2, 0.25) is 0 Å². The van der Waals surface area contributed by atoms with Crippen LogP contribution < -0.4 is 5.32 Å².